The summed E-state index contributed by atoms with van der Waals surface area (Å²) in [4.78, 5) is 24.6. The Hall–Kier alpha value is -1.26. The zero-order chi connectivity index (χ0) is 13.6. The average molecular weight is 255 g/mol. The fourth-order valence-electron chi connectivity index (χ4n) is 2.79. The highest BCUT2D eigenvalue weighted by Gasteiger charge is 2.50. The van der Waals surface area contributed by atoms with Crippen LogP contribution in [0.5, 0.6) is 0 Å². The number of aliphatic carboxylic acids is 1. The van der Waals surface area contributed by atoms with Gasteiger partial charge in [0.2, 0.25) is 0 Å². The van der Waals surface area contributed by atoms with Gasteiger partial charge in [0.15, 0.2) is 0 Å². The van der Waals surface area contributed by atoms with Crippen molar-refractivity contribution in [1.82, 2.24) is 4.90 Å². The van der Waals surface area contributed by atoms with Crippen LogP contribution in [0.3, 0.4) is 0 Å². The van der Waals surface area contributed by atoms with E-state index in [1.807, 2.05) is 20.8 Å². The van der Waals surface area contributed by atoms with Gasteiger partial charge in [0, 0.05) is 5.54 Å². The molecular weight excluding hydrogens is 234 g/mol. The highest BCUT2D eigenvalue weighted by atomic mass is 16.6. The summed E-state index contributed by atoms with van der Waals surface area (Å²) >= 11 is 0. The predicted molar refractivity (Wildman–Crippen MR) is 65.3 cm³/mol. The van der Waals surface area contributed by atoms with Gasteiger partial charge in [0.25, 0.3) is 0 Å². The van der Waals surface area contributed by atoms with E-state index in [0.717, 1.165) is 0 Å². The van der Waals surface area contributed by atoms with Gasteiger partial charge < -0.3 is 9.84 Å². The van der Waals surface area contributed by atoms with Crippen LogP contribution in [-0.2, 0) is 9.53 Å². The van der Waals surface area contributed by atoms with Crippen molar-refractivity contribution >= 4 is 12.1 Å². The monoisotopic (exact) mass is 255 g/mol. The number of hydrogen-bond donors (Lipinski definition) is 1. The van der Waals surface area contributed by atoms with Crippen LogP contribution in [-0.4, -0.2) is 39.8 Å². The molecule has 5 nitrogen and oxygen atoms in total. The number of nitrogens with zero attached hydrogens (tertiary/aromatic N) is 1. The molecule has 1 saturated heterocycles. The predicted octanol–water partition coefficient (Wildman–Crippen LogP) is 2.25. The molecule has 0 radical (unpaired) electrons. The van der Waals surface area contributed by atoms with Crippen molar-refractivity contribution in [3.63, 3.8) is 0 Å². The van der Waals surface area contributed by atoms with E-state index in [1.54, 1.807) is 4.90 Å². The lowest BCUT2D eigenvalue weighted by Crippen LogP contribution is -2.45. The van der Waals surface area contributed by atoms with Gasteiger partial charge in [-0.05, 0) is 46.5 Å². The van der Waals surface area contributed by atoms with E-state index in [-0.39, 0.29) is 17.6 Å². The molecule has 5 heteroatoms. The molecule has 102 valence electrons. The molecule has 18 heavy (non-hydrogen) atoms. The number of carbonyl (C=O) groups is 2. The molecule has 0 aromatic rings. The third kappa shape index (κ3) is 2.31. The fraction of sp³-hybridized carbons (Fsp3) is 0.846. The summed E-state index contributed by atoms with van der Waals surface area (Å²) in [5, 5.41) is 8.98. The Labute approximate surface area is 107 Å². The second kappa shape index (κ2) is 4.14. The first-order valence-electron chi connectivity index (χ1n) is 6.47. The molecule has 2 aliphatic rings. The number of ether oxygens (including phenoxy) is 1. The van der Waals surface area contributed by atoms with Crippen molar-refractivity contribution in [2.75, 3.05) is 6.54 Å². The molecular formula is C13H21NO4. The Morgan fingerprint density at radius 1 is 1.39 bits per heavy atom. The molecule has 1 amide bonds. The molecule has 0 aromatic carbocycles. The Bertz CT molecular complexity index is 364. The molecule has 1 spiro atoms. The quantitative estimate of drug-likeness (QED) is 0.780. The lowest BCUT2D eigenvalue weighted by Gasteiger charge is -2.35. The van der Waals surface area contributed by atoms with Crippen molar-refractivity contribution in [1.29, 1.82) is 0 Å². The molecule has 0 bridgehead atoms. The third-order valence-electron chi connectivity index (χ3n) is 4.03. The molecule has 1 saturated carbocycles. The maximum absolute atomic E-state index is 11.9. The maximum atomic E-state index is 11.9. The highest BCUT2D eigenvalue weighted by Crippen LogP contribution is 2.41. The second-order valence-corrected chi connectivity index (χ2v) is 6.42. The maximum Gasteiger partial charge on any atom is 0.410 e. The van der Waals surface area contributed by atoms with Crippen molar-refractivity contribution < 1.29 is 19.4 Å². The second-order valence-electron chi connectivity index (χ2n) is 6.42. The Morgan fingerprint density at radius 3 is 2.33 bits per heavy atom. The summed E-state index contributed by atoms with van der Waals surface area (Å²) in [5.74, 6) is -1.01. The van der Waals surface area contributed by atoms with Gasteiger partial charge in [0.05, 0.1) is 12.5 Å². The summed E-state index contributed by atoms with van der Waals surface area (Å²) < 4.78 is 5.55. The van der Waals surface area contributed by atoms with E-state index in [1.165, 1.54) is 0 Å². The minimum Gasteiger partial charge on any atom is -0.481 e. The summed E-state index contributed by atoms with van der Waals surface area (Å²) in [6.07, 6.45) is 2.24. The fourth-order valence-corrected chi connectivity index (χ4v) is 2.79. The first-order valence-corrected chi connectivity index (χ1v) is 6.47. The normalized spacial score (nSPS) is 32.7. The van der Waals surface area contributed by atoms with Gasteiger partial charge in [-0.1, -0.05) is 0 Å². The number of amides is 1. The molecule has 2 rings (SSSR count). The molecule has 2 fully saturated rings. The molecule has 0 unspecified atom stereocenters. The van der Waals surface area contributed by atoms with Gasteiger partial charge in [-0.2, -0.15) is 0 Å². The van der Waals surface area contributed by atoms with E-state index in [2.05, 4.69) is 0 Å². The zero-order valence-corrected chi connectivity index (χ0v) is 11.2. The Morgan fingerprint density at radius 2 is 1.94 bits per heavy atom. The van der Waals surface area contributed by atoms with Crippen LogP contribution in [0, 0.1) is 5.92 Å². The molecule has 1 N–H and O–H groups in total. The first kappa shape index (κ1) is 13.2. The van der Waals surface area contributed by atoms with Crippen LogP contribution in [0.1, 0.15) is 46.5 Å². The van der Waals surface area contributed by atoms with E-state index >= 15 is 0 Å². The topological polar surface area (TPSA) is 66.8 Å². The molecule has 1 heterocycles. The van der Waals surface area contributed by atoms with E-state index < -0.39 is 11.6 Å². The number of carboxylic acids is 1. The van der Waals surface area contributed by atoms with Crippen molar-refractivity contribution in [3.8, 4) is 0 Å². The van der Waals surface area contributed by atoms with E-state index in [0.29, 0.717) is 32.2 Å². The van der Waals surface area contributed by atoms with Crippen molar-refractivity contribution in [2.45, 2.75) is 57.6 Å². The van der Waals surface area contributed by atoms with Crippen molar-refractivity contribution in [2.24, 2.45) is 5.92 Å². The van der Waals surface area contributed by atoms with Crippen molar-refractivity contribution in [3.05, 3.63) is 0 Å². The van der Waals surface area contributed by atoms with Crippen LogP contribution in [0.25, 0.3) is 0 Å². The number of rotatable bonds is 1. The molecule has 1 aliphatic heterocycles. The van der Waals surface area contributed by atoms with Gasteiger partial charge in [-0.25, -0.2) is 4.79 Å². The third-order valence-corrected chi connectivity index (χ3v) is 4.03. The van der Waals surface area contributed by atoms with Crippen LogP contribution in [0.2, 0.25) is 0 Å². The largest absolute Gasteiger partial charge is 0.481 e. The van der Waals surface area contributed by atoms with Gasteiger partial charge >= 0.3 is 12.1 Å². The summed E-state index contributed by atoms with van der Waals surface area (Å²) in [5.41, 5.74) is -0.694. The summed E-state index contributed by atoms with van der Waals surface area (Å²) in [6.45, 7) is 6.53. The lowest BCUT2D eigenvalue weighted by molar-refractivity contribution is -0.144. The summed E-state index contributed by atoms with van der Waals surface area (Å²) in [7, 11) is 0. The SMILES string of the molecule is CC(C)(C)N1CC2(CCC(C(=O)O)CC2)OC1=O. The summed E-state index contributed by atoms with van der Waals surface area (Å²) in [6, 6.07) is 0. The lowest BCUT2D eigenvalue weighted by atomic mass is 9.78. The smallest absolute Gasteiger partial charge is 0.410 e. The van der Waals surface area contributed by atoms with Crippen LogP contribution >= 0.6 is 0 Å². The Balaban J connectivity index is 2.04. The van der Waals surface area contributed by atoms with Gasteiger partial charge in [-0.3, -0.25) is 9.69 Å². The van der Waals surface area contributed by atoms with E-state index in [9.17, 15) is 9.59 Å². The van der Waals surface area contributed by atoms with Crippen LogP contribution < -0.4 is 0 Å². The molecule has 1 aliphatic carbocycles. The molecule has 0 aromatic heterocycles. The standard InChI is InChI=1S/C13H21NO4/c1-12(2,3)14-8-13(18-11(14)17)6-4-9(5-7-13)10(15)16/h9H,4-8H2,1-3H3,(H,15,16). The number of hydrogen-bond acceptors (Lipinski definition) is 3. The van der Waals surface area contributed by atoms with Gasteiger partial charge in [0.1, 0.15) is 5.60 Å². The number of carbonyl (C=O) groups excluding carboxylic acids is 1. The molecule has 0 atom stereocenters. The van der Waals surface area contributed by atoms with Gasteiger partial charge in [-0.15, -0.1) is 0 Å². The number of carboxylic acid groups (broad SMARTS) is 1. The zero-order valence-electron chi connectivity index (χ0n) is 11.2. The van der Waals surface area contributed by atoms with E-state index in [4.69, 9.17) is 9.84 Å². The minimum atomic E-state index is -0.734. The van der Waals surface area contributed by atoms with Crippen LogP contribution in [0.4, 0.5) is 4.79 Å². The average Bonchev–Trinajstić information content (AvgIpc) is 2.56. The highest BCUT2D eigenvalue weighted by molar-refractivity contribution is 5.72. The van der Waals surface area contributed by atoms with Crippen LogP contribution in [0.15, 0.2) is 0 Å². The minimum absolute atomic E-state index is 0.246. The first-order chi connectivity index (χ1) is 8.23. The Kier molecular flexibility index (Phi) is 3.03.